The Kier molecular flexibility index (Phi) is 21.2. The summed E-state index contributed by atoms with van der Waals surface area (Å²) in [7, 11) is -5.12. The van der Waals surface area contributed by atoms with Crippen LogP contribution in [0.2, 0.25) is 0 Å². The number of aliphatic imine (C=N–C) groups is 1. The van der Waals surface area contributed by atoms with Gasteiger partial charge in [0.15, 0.2) is 6.23 Å². The molecule has 503 valence electrons. The third-order valence-electron chi connectivity index (χ3n) is 20.5. The van der Waals surface area contributed by atoms with E-state index >= 15 is 0 Å². The van der Waals surface area contributed by atoms with E-state index < -0.39 is 150 Å². The zero-order chi connectivity index (χ0) is 66.7. The van der Waals surface area contributed by atoms with Gasteiger partial charge in [-0.25, -0.2) is 14.5 Å². The Morgan fingerprint density at radius 2 is 1.41 bits per heavy atom. The molecule has 0 aliphatic carbocycles. The summed E-state index contributed by atoms with van der Waals surface area (Å²) in [4.78, 5) is 113. The zero-order valence-electron chi connectivity index (χ0n) is 53.4. The molecule has 1 aromatic carbocycles. The van der Waals surface area contributed by atoms with E-state index in [9.17, 15) is 53.2 Å². The van der Waals surface area contributed by atoms with Crippen molar-refractivity contribution < 1.29 is 88.4 Å². The molecule has 0 saturated carbocycles. The summed E-state index contributed by atoms with van der Waals surface area (Å²) in [5.74, 6) is -6.61. The number of benzene rings is 1. The van der Waals surface area contributed by atoms with E-state index in [1.54, 1.807) is 25.3 Å². The second kappa shape index (κ2) is 26.8. The summed E-state index contributed by atoms with van der Waals surface area (Å²) in [6.07, 6.45) is -3.80. The van der Waals surface area contributed by atoms with Crippen molar-refractivity contribution in [2.24, 2.45) is 78.8 Å². The molecule has 0 spiro atoms. The van der Waals surface area contributed by atoms with Crippen LogP contribution in [0.3, 0.4) is 0 Å². The number of aliphatic hydroxyl groups is 2. The summed E-state index contributed by atoms with van der Waals surface area (Å²) in [6, 6.07) is 1.15. The van der Waals surface area contributed by atoms with Gasteiger partial charge in [-0.2, -0.15) is 17.1 Å². The largest absolute Gasteiger partial charge is 0.685 e. The van der Waals surface area contributed by atoms with Crippen molar-refractivity contribution in [1.29, 1.82) is 0 Å². The molecule has 1 radical (unpaired) electrons. The van der Waals surface area contributed by atoms with Crippen molar-refractivity contribution in [1.82, 2.24) is 4.98 Å². The SMILES string of the molecule is C/C1=C2/[N-]C(/C=C3\[N-]C(/C(C)=C4\[N-][C@H]([C@H](CC(N)=O)[C@@]4(C)CCC(=O)N=C[C@@H](C)OP(=O)(O)O[C@H]4[C@@H](O)[C@@H]([n+]5c[n-]c6cc(C)c(C)cc65)O[C@@H]4CO)[C@]4(C)[N-]C1=C(CCC(N)=O)[C@]4(C)CC(N)=O)[C@@H](CCC(N)=O)C3(C)C)[C@@H](CCC(N)=O)[C@]2(C)CC(N)=O.[Co]. The van der Waals surface area contributed by atoms with E-state index in [1.807, 2.05) is 66.7 Å². The Labute approximate surface area is 540 Å². The van der Waals surface area contributed by atoms with Crippen LogP contribution in [0.5, 0.6) is 0 Å². The molecule has 27 nitrogen and oxygen atoms in total. The molecule has 4 fully saturated rings. The Morgan fingerprint density at radius 3 is 2.00 bits per heavy atom. The fraction of sp³-hybridized carbons (Fsp3) is 0.629. The Hall–Kier alpha value is -6.49. The maximum atomic E-state index is 14.3. The van der Waals surface area contributed by atoms with Gasteiger partial charge >= 0.3 is 7.82 Å². The molecule has 91 heavy (non-hydrogen) atoms. The van der Waals surface area contributed by atoms with Gasteiger partial charge in [0, 0.05) is 67.9 Å². The van der Waals surface area contributed by atoms with Crippen molar-refractivity contribution in [3.05, 3.63) is 96.4 Å². The normalized spacial score (nSPS) is 34.8. The fourth-order valence-corrected chi connectivity index (χ4v) is 16.5. The number of carbonyl (C=O) groups excluding carboxylic acids is 7. The van der Waals surface area contributed by atoms with Gasteiger partial charge in [0.1, 0.15) is 24.4 Å². The van der Waals surface area contributed by atoms with Gasteiger partial charge in [0.05, 0.1) is 24.0 Å². The number of amides is 7. The van der Waals surface area contributed by atoms with Crippen LogP contribution in [0, 0.1) is 53.3 Å². The van der Waals surface area contributed by atoms with E-state index in [1.165, 1.54) is 13.3 Å². The number of aliphatic hydroxyl groups excluding tert-OH is 2. The molecule has 6 aliphatic rings. The van der Waals surface area contributed by atoms with E-state index in [2.05, 4.69) is 9.98 Å². The number of fused-ring (bicyclic) bond motifs is 10. The number of phosphoric ester groups is 1. The molecule has 6 aliphatic heterocycles. The van der Waals surface area contributed by atoms with Crippen LogP contribution >= 0.6 is 7.82 Å². The quantitative estimate of drug-likeness (QED) is 0.0371. The van der Waals surface area contributed by atoms with Crippen molar-refractivity contribution in [3.8, 4) is 0 Å². The number of aryl methyl sites for hydroxylation is 2. The van der Waals surface area contributed by atoms with Crippen LogP contribution in [0.1, 0.15) is 150 Å². The summed E-state index contributed by atoms with van der Waals surface area (Å²) < 4.78 is 32.1. The summed E-state index contributed by atoms with van der Waals surface area (Å²) >= 11 is 0. The predicted octanol–water partition coefficient (Wildman–Crippen LogP) is 4.65. The van der Waals surface area contributed by atoms with Gasteiger partial charge in [-0.3, -0.25) is 42.6 Å². The minimum absolute atomic E-state index is 0. The van der Waals surface area contributed by atoms with Crippen molar-refractivity contribution in [2.45, 2.75) is 201 Å². The predicted molar refractivity (Wildman–Crippen MR) is 331 cm³/mol. The second-order valence-electron chi connectivity index (χ2n) is 26.9. The monoisotopic (exact) mass is 1330 g/mol. The Bertz CT molecular complexity index is 3480. The molecule has 7 heterocycles. The number of rotatable bonds is 25. The average molecular weight is 1330 g/mol. The number of hydrogen-bond acceptors (Lipinski definition) is 13. The topological polar surface area (TPSA) is 468 Å². The molecular weight excluding hydrogens is 1240 g/mol. The summed E-state index contributed by atoms with van der Waals surface area (Å²) in [5.41, 5.74) is 36.3. The van der Waals surface area contributed by atoms with Crippen LogP contribution in [0.4, 0.5) is 0 Å². The van der Waals surface area contributed by atoms with Crippen LogP contribution < -0.4 is 44.0 Å². The van der Waals surface area contributed by atoms with E-state index in [-0.39, 0.29) is 87.4 Å². The van der Waals surface area contributed by atoms with E-state index in [0.717, 1.165) is 17.3 Å². The first-order chi connectivity index (χ1) is 41.8. The fourth-order valence-electron chi connectivity index (χ4n) is 15.4. The van der Waals surface area contributed by atoms with E-state index in [4.69, 9.17) is 69.5 Å². The van der Waals surface area contributed by atoms with Gasteiger partial charge in [0.25, 0.3) is 0 Å². The summed E-state index contributed by atoms with van der Waals surface area (Å²) in [5, 5.41) is 43.9. The Morgan fingerprint density at radius 1 is 0.791 bits per heavy atom. The minimum Gasteiger partial charge on any atom is -0.685 e. The van der Waals surface area contributed by atoms with Gasteiger partial charge in [-0.05, 0) is 123 Å². The standard InChI is InChI=1S/C62H88N13O14P.Co/c1-29-20-39-40(21-30(29)2)75(28-70-39)57-52(84)53(41(27-76)87-57)89-90(85,86)88-31(3)26-69-49(83)18-19-59(8)37(22-46(66)80)56-62(11)61(10,25-48(68)82)36(14-17-45(65)79)51(74-62)33(5)55-60(9,24-47(67)81)34(12-15-43(63)77)38(71-55)23-42-58(6,7)35(13-16-44(64)78)50(72-42)32(4)54(59)73-56;/h20-21,23,26,28,31,34-35,37-38,41,50,52-53,56-57,76,84H,12-19,22,24-25,27H2,1-11H3,(H13,63,64,65,66,67,68,77,78,79,80,81,82,85,86);/q-4;/b42-23-,54-32-,55-33-,69-26?;/t31-,34-,35-,37+,38?,41-,50?,52-,53-,56-,57+,59-,60+,61+,62+;/m1./s1. The number of nitrogens with zero attached hydrogens (tertiary/aromatic N) is 7. The van der Waals surface area contributed by atoms with Gasteiger partial charge in [0.2, 0.25) is 41.4 Å². The van der Waals surface area contributed by atoms with Crippen LogP contribution in [0.25, 0.3) is 32.3 Å². The summed E-state index contributed by atoms with van der Waals surface area (Å²) in [6.45, 7) is 19.3. The molecule has 8 rings (SSSR count). The van der Waals surface area contributed by atoms with Crippen LogP contribution in [-0.2, 0) is 68.7 Å². The van der Waals surface area contributed by atoms with Gasteiger partial charge < -0.3 is 80.1 Å². The number of carbonyl (C=O) groups is 7. The number of ether oxygens (including phenoxy) is 1. The molecular formula is C62H88CoN13O14P-4. The minimum atomic E-state index is -5.12. The Balaban J connectivity index is 0.0000118. The van der Waals surface area contributed by atoms with Gasteiger partial charge in [-0.1, -0.05) is 64.8 Å². The molecule has 7 amide bonds. The molecule has 16 atom stereocenters. The first-order valence-corrected chi connectivity index (χ1v) is 31.9. The second-order valence-corrected chi connectivity index (χ2v) is 28.2. The van der Waals surface area contributed by atoms with Crippen molar-refractivity contribution in [2.75, 3.05) is 6.61 Å². The third-order valence-corrected chi connectivity index (χ3v) is 21.6. The van der Waals surface area contributed by atoms with Gasteiger partial charge in [-0.15, -0.1) is 28.9 Å². The number of aromatic nitrogens is 2. The number of imidazole rings is 1. The number of primary amides is 6. The maximum absolute atomic E-state index is 14.3. The first kappa shape index (κ1) is 71.9. The molecule has 29 heteroatoms. The number of nitrogens with two attached hydrogens (primary N) is 6. The van der Waals surface area contributed by atoms with Crippen LogP contribution in [0.15, 0.2) is 69.0 Å². The van der Waals surface area contributed by atoms with E-state index in [0.29, 0.717) is 50.5 Å². The maximum Gasteiger partial charge on any atom is 0.473 e. The molecule has 8 bridgehead atoms. The smallest absolute Gasteiger partial charge is 0.473 e. The average Bonchev–Trinajstić information content (AvgIpc) is 1.54. The van der Waals surface area contributed by atoms with Crippen LogP contribution in [-0.4, -0.2) is 117 Å². The number of hydrogen-bond donors (Lipinski definition) is 9. The van der Waals surface area contributed by atoms with Crippen molar-refractivity contribution >= 4 is 66.4 Å². The third kappa shape index (κ3) is 13.8. The number of allylic oxidation sites excluding steroid dienone is 4. The van der Waals surface area contributed by atoms with Crippen molar-refractivity contribution in [3.63, 3.8) is 0 Å². The molecule has 2 aromatic rings. The number of phosphoric acid groups is 1. The molecule has 3 unspecified atom stereocenters. The zero-order valence-corrected chi connectivity index (χ0v) is 55.4. The first-order valence-electron chi connectivity index (χ1n) is 30.4. The molecule has 1 aromatic heterocycles. The molecule has 4 saturated heterocycles. The molecule has 15 N–H and O–H groups in total.